The monoisotopic (exact) mass is 236 g/mol. The lowest BCUT2D eigenvalue weighted by Crippen LogP contribution is -1.79. The van der Waals surface area contributed by atoms with Crippen LogP contribution >= 0.6 is 11.3 Å². The predicted molar refractivity (Wildman–Crippen MR) is 72.4 cm³/mol. The van der Waals surface area contributed by atoms with E-state index in [0.29, 0.717) is 0 Å². The van der Waals surface area contributed by atoms with Gasteiger partial charge in [-0.2, -0.15) is 0 Å². The van der Waals surface area contributed by atoms with Crippen molar-refractivity contribution in [3.8, 4) is 0 Å². The maximum Gasteiger partial charge on any atom is 0.125 e. The van der Waals surface area contributed by atoms with Crippen molar-refractivity contribution in [3.63, 3.8) is 0 Å². The van der Waals surface area contributed by atoms with Crippen LogP contribution in [0.5, 0.6) is 0 Å². The molecular weight excluding hydrogens is 228 g/mol. The molecule has 3 heterocycles. The summed E-state index contributed by atoms with van der Waals surface area (Å²) >= 11 is 1.74. The zero-order chi connectivity index (χ0) is 11.2. The molecule has 4 aromatic rings. The van der Waals surface area contributed by atoms with Crippen LogP contribution in [0.15, 0.2) is 48.8 Å². The number of hydrogen-bond acceptors (Lipinski definition) is 3. The summed E-state index contributed by atoms with van der Waals surface area (Å²) in [6, 6.07) is 12.6. The first kappa shape index (κ1) is 9.07. The fraction of sp³-hybridized carbons (Fsp3) is 0. The summed E-state index contributed by atoms with van der Waals surface area (Å²) in [6.45, 7) is 0. The molecule has 0 aliphatic rings. The average Bonchev–Trinajstić information content (AvgIpc) is 2.73. The quantitative estimate of drug-likeness (QED) is 0.461. The Labute approximate surface area is 102 Å². The molecule has 1 aromatic carbocycles. The molecule has 0 saturated carbocycles. The van der Waals surface area contributed by atoms with E-state index in [2.05, 4.69) is 35.3 Å². The van der Waals surface area contributed by atoms with Crippen LogP contribution in [0, 0.1) is 0 Å². The van der Waals surface area contributed by atoms with Crippen LogP contribution in [0.1, 0.15) is 0 Å². The van der Waals surface area contributed by atoms with Gasteiger partial charge in [-0.3, -0.25) is 4.98 Å². The van der Waals surface area contributed by atoms with Crippen LogP contribution in [-0.2, 0) is 0 Å². The van der Waals surface area contributed by atoms with Crippen molar-refractivity contribution in [1.29, 1.82) is 0 Å². The molecular formula is C14H8N2S. The highest BCUT2D eigenvalue weighted by Crippen LogP contribution is 2.33. The van der Waals surface area contributed by atoms with Crippen molar-refractivity contribution in [1.82, 2.24) is 9.97 Å². The molecule has 3 aromatic heterocycles. The van der Waals surface area contributed by atoms with Crippen molar-refractivity contribution in [2.24, 2.45) is 0 Å². The molecule has 3 heteroatoms. The molecule has 0 N–H and O–H groups in total. The topological polar surface area (TPSA) is 25.8 Å². The van der Waals surface area contributed by atoms with Crippen molar-refractivity contribution in [3.05, 3.63) is 48.8 Å². The predicted octanol–water partition coefficient (Wildman–Crippen LogP) is 4.00. The summed E-state index contributed by atoms with van der Waals surface area (Å²) in [5.41, 5.74) is 1.01. The molecule has 0 fully saturated rings. The molecule has 0 amide bonds. The average molecular weight is 236 g/mol. The second kappa shape index (κ2) is 3.25. The second-order valence-corrected chi connectivity index (χ2v) is 5.04. The van der Waals surface area contributed by atoms with Crippen LogP contribution in [0.25, 0.3) is 31.2 Å². The standard InChI is InChI=1S/C14H8N2S/c1-2-4-13-10(3-1)11-7-9-8-15-6-5-12(9)16-14(11)17-13/h1-8H. The van der Waals surface area contributed by atoms with Crippen molar-refractivity contribution >= 4 is 42.5 Å². The number of nitrogens with zero attached hydrogens (tertiary/aromatic N) is 2. The Morgan fingerprint density at radius 2 is 1.94 bits per heavy atom. The summed E-state index contributed by atoms with van der Waals surface area (Å²) in [7, 11) is 0. The number of thiophene rings is 1. The molecule has 17 heavy (non-hydrogen) atoms. The highest BCUT2D eigenvalue weighted by atomic mass is 32.1. The first-order valence-electron chi connectivity index (χ1n) is 5.44. The highest BCUT2D eigenvalue weighted by Gasteiger charge is 2.06. The summed E-state index contributed by atoms with van der Waals surface area (Å²) in [5.74, 6) is 0. The summed E-state index contributed by atoms with van der Waals surface area (Å²) < 4.78 is 1.29. The van der Waals surface area contributed by atoms with Gasteiger partial charge in [-0.25, -0.2) is 4.98 Å². The third kappa shape index (κ3) is 1.26. The van der Waals surface area contributed by atoms with Gasteiger partial charge >= 0.3 is 0 Å². The van der Waals surface area contributed by atoms with E-state index in [1.165, 1.54) is 15.5 Å². The number of benzene rings is 1. The van der Waals surface area contributed by atoms with Gasteiger partial charge in [0.05, 0.1) is 5.52 Å². The van der Waals surface area contributed by atoms with Crippen LogP contribution in [0.2, 0.25) is 0 Å². The smallest absolute Gasteiger partial charge is 0.125 e. The first-order chi connectivity index (χ1) is 8.42. The van der Waals surface area contributed by atoms with Crippen LogP contribution in [-0.4, -0.2) is 9.97 Å². The lowest BCUT2D eigenvalue weighted by Gasteiger charge is -1.96. The first-order valence-corrected chi connectivity index (χ1v) is 6.25. The molecule has 0 aliphatic heterocycles. The Morgan fingerprint density at radius 3 is 2.94 bits per heavy atom. The Balaban J connectivity index is 2.28. The Morgan fingerprint density at radius 1 is 1.00 bits per heavy atom. The van der Waals surface area contributed by atoms with E-state index in [-0.39, 0.29) is 0 Å². The molecule has 0 atom stereocenters. The minimum absolute atomic E-state index is 1.01. The van der Waals surface area contributed by atoms with Crippen LogP contribution < -0.4 is 0 Å². The van der Waals surface area contributed by atoms with E-state index in [1.807, 2.05) is 12.3 Å². The SMILES string of the molecule is c1ccc2c(c1)sc1nc3ccncc3cc12. The number of rotatable bonds is 0. The number of aromatic nitrogens is 2. The minimum atomic E-state index is 1.01. The molecule has 80 valence electrons. The van der Waals surface area contributed by atoms with Gasteiger partial charge in [0.2, 0.25) is 0 Å². The van der Waals surface area contributed by atoms with Gasteiger partial charge in [-0.05, 0) is 18.2 Å². The fourth-order valence-corrected chi connectivity index (χ4v) is 3.22. The van der Waals surface area contributed by atoms with Crippen LogP contribution in [0.3, 0.4) is 0 Å². The second-order valence-electron chi connectivity index (χ2n) is 4.01. The van der Waals surface area contributed by atoms with Crippen molar-refractivity contribution in [2.45, 2.75) is 0 Å². The molecule has 4 rings (SSSR count). The van der Waals surface area contributed by atoms with Gasteiger partial charge in [0, 0.05) is 33.3 Å². The Bertz CT molecular complexity index is 842. The molecule has 0 bridgehead atoms. The van der Waals surface area contributed by atoms with Gasteiger partial charge in [-0.1, -0.05) is 18.2 Å². The van der Waals surface area contributed by atoms with E-state index in [4.69, 9.17) is 4.98 Å². The Kier molecular flexibility index (Phi) is 1.73. The lowest BCUT2D eigenvalue weighted by atomic mass is 10.1. The van der Waals surface area contributed by atoms with Crippen molar-refractivity contribution in [2.75, 3.05) is 0 Å². The highest BCUT2D eigenvalue weighted by molar-refractivity contribution is 7.25. The summed E-state index contributed by atoms with van der Waals surface area (Å²) in [4.78, 5) is 9.94. The molecule has 0 radical (unpaired) electrons. The molecule has 0 spiro atoms. The van der Waals surface area contributed by atoms with Gasteiger partial charge in [0.25, 0.3) is 0 Å². The van der Waals surface area contributed by atoms with Crippen molar-refractivity contribution < 1.29 is 0 Å². The molecule has 0 unspecified atom stereocenters. The minimum Gasteiger partial charge on any atom is -0.264 e. The largest absolute Gasteiger partial charge is 0.264 e. The molecule has 0 aliphatic carbocycles. The fourth-order valence-electron chi connectivity index (χ4n) is 2.15. The van der Waals surface area contributed by atoms with Crippen LogP contribution in [0.4, 0.5) is 0 Å². The normalized spacial score (nSPS) is 11.5. The summed E-state index contributed by atoms with van der Waals surface area (Å²) in [6.07, 6.45) is 3.66. The summed E-state index contributed by atoms with van der Waals surface area (Å²) in [5, 5.41) is 3.61. The van der Waals surface area contributed by atoms with E-state index < -0.39 is 0 Å². The van der Waals surface area contributed by atoms with Gasteiger partial charge < -0.3 is 0 Å². The maximum atomic E-state index is 4.69. The zero-order valence-electron chi connectivity index (χ0n) is 8.92. The van der Waals surface area contributed by atoms with Gasteiger partial charge in [0.1, 0.15) is 4.83 Å². The maximum absolute atomic E-state index is 4.69. The Hall–Kier alpha value is -2.00. The number of fused-ring (bicyclic) bond motifs is 4. The molecule has 0 saturated heterocycles. The van der Waals surface area contributed by atoms with E-state index in [1.54, 1.807) is 17.5 Å². The van der Waals surface area contributed by atoms with E-state index in [0.717, 1.165) is 15.7 Å². The zero-order valence-corrected chi connectivity index (χ0v) is 9.74. The van der Waals surface area contributed by atoms with Gasteiger partial charge in [0.15, 0.2) is 0 Å². The number of pyridine rings is 2. The third-order valence-electron chi connectivity index (χ3n) is 2.96. The lowest BCUT2D eigenvalue weighted by molar-refractivity contribution is 1.35. The third-order valence-corrected chi connectivity index (χ3v) is 4.04. The molecule has 2 nitrogen and oxygen atoms in total. The number of hydrogen-bond donors (Lipinski definition) is 0. The van der Waals surface area contributed by atoms with E-state index in [9.17, 15) is 0 Å². The van der Waals surface area contributed by atoms with Gasteiger partial charge in [-0.15, -0.1) is 11.3 Å². The van der Waals surface area contributed by atoms with E-state index >= 15 is 0 Å².